The first-order chi connectivity index (χ1) is 16.2. The van der Waals surface area contributed by atoms with Crippen molar-refractivity contribution in [2.45, 2.75) is 25.4 Å². The first-order valence-corrected chi connectivity index (χ1v) is 11.0. The molecule has 0 spiro atoms. The lowest BCUT2D eigenvalue weighted by Crippen LogP contribution is -2.26. The molecule has 2 aromatic heterocycles. The summed E-state index contributed by atoms with van der Waals surface area (Å²) in [6, 6.07) is 13.6. The number of hydrogen-bond acceptors (Lipinski definition) is 8. The molecule has 170 valence electrons. The van der Waals surface area contributed by atoms with Crippen molar-refractivity contribution in [3.63, 3.8) is 0 Å². The van der Waals surface area contributed by atoms with Crippen LogP contribution in [-0.4, -0.2) is 59.6 Å². The molecule has 0 amide bonds. The smallest absolute Gasteiger partial charge is 0.137 e. The van der Waals surface area contributed by atoms with Crippen LogP contribution in [0.5, 0.6) is 5.75 Å². The summed E-state index contributed by atoms with van der Waals surface area (Å²) in [5.74, 6) is 2.07. The number of aliphatic hydroxyl groups excluding tert-OH is 1. The van der Waals surface area contributed by atoms with E-state index in [4.69, 9.17) is 19.6 Å². The number of anilines is 1. The van der Waals surface area contributed by atoms with Gasteiger partial charge in [-0.2, -0.15) is 5.26 Å². The Bertz CT molecular complexity index is 1110. The van der Waals surface area contributed by atoms with Crippen molar-refractivity contribution in [3.05, 3.63) is 65.7 Å². The van der Waals surface area contributed by atoms with Crippen molar-refractivity contribution in [3.8, 4) is 23.1 Å². The number of aliphatic hydroxyl groups is 1. The fourth-order valence-electron chi connectivity index (χ4n) is 3.69. The maximum absolute atomic E-state index is 9.65. The van der Waals surface area contributed by atoms with E-state index in [1.165, 1.54) is 0 Å². The highest BCUT2D eigenvalue weighted by atomic mass is 16.5. The predicted octanol–water partition coefficient (Wildman–Crippen LogP) is 2.99. The Balaban J connectivity index is 1.48. The van der Waals surface area contributed by atoms with Gasteiger partial charge < -0.3 is 19.5 Å². The number of nitriles is 1. The van der Waals surface area contributed by atoms with Crippen molar-refractivity contribution in [2.24, 2.45) is 0 Å². The average Bonchev–Trinajstić information content (AvgIpc) is 2.86. The highest BCUT2D eigenvalue weighted by Crippen LogP contribution is 2.27. The number of hydrogen-bond donors (Lipinski definition) is 1. The Morgan fingerprint density at radius 3 is 2.76 bits per heavy atom. The molecule has 0 saturated carbocycles. The number of aromatic nitrogens is 3. The summed E-state index contributed by atoms with van der Waals surface area (Å²) in [5.41, 5.74) is 3.08. The summed E-state index contributed by atoms with van der Waals surface area (Å²) in [6.45, 7) is 1.98. The zero-order chi connectivity index (χ0) is 23.0. The van der Waals surface area contributed by atoms with Crippen LogP contribution in [0.4, 0.5) is 5.82 Å². The van der Waals surface area contributed by atoms with Gasteiger partial charge in [0.2, 0.25) is 0 Å². The van der Waals surface area contributed by atoms with Crippen LogP contribution in [0.2, 0.25) is 0 Å². The number of pyridine rings is 1. The molecule has 1 N–H and O–H groups in total. The highest BCUT2D eigenvalue weighted by molar-refractivity contribution is 5.64. The first kappa shape index (κ1) is 22.6. The molecular formula is C25H27N5O3. The van der Waals surface area contributed by atoms with Gasteiger partial charge in [-0.25, -0.2) is 15.0 Å². The molecule has 1 aliphatic rings. The van der Waals surface area contributed by atoms with Crippen molar-refractivity contribution >= 4 is 5.82 Å². The molecule has 1 aliphatic heterocycles. The summed E-state index contributed by atoms with van der Waals surface area (Å²) in [4.78, 5) is 15.4. The van der Waals surface area contributed by atoms with Crippen molar-refractivity contribution in [2.75, 3.05) is 38.3 Å². The minimum absolute atomic E-state index is 0.0748. The van der Waals surface area contributed by atoms with Gasteiger partial charge in [0.15, 0.2) is 0 Å². The highest BCUT2D eigenvalue weighted by Gasteiger charge is 2.17. The summed E-state index contributed by atoms with van der Waals surface area (Å²) >= 11 is 0. The van der Waals surface area contributed by atoms with Gasteiger partial charge in [-0.1, -0.05) is 6.07 Å². The minimum Gasteiger partial charge on any atom is -0.489 e. The van der Waals surface area contributed by atoms with Crippen molar-refractivity contribution < 1.29 is 14.6 Å². The third-order valence-electron chi connectivity index (χ3n) is 5.56. The number of likely N-dealkylation sites (N-methyl/N-ethyl adjacent to an activating group) is 1. The maximum atomic E-state index is 9.65. The van der Waals surface area contributed by atoms with Crippen LogP contribution >= 0.6 is 0 Å². The Morgan fingerprint density at radius 2 is 2.03 bits per heavy atom. The van der Waals surface area contributed by atoms with Crippen LogP contribution in [-0.2, 0) is 11.2 Å². The molecule has 0 unspecified atom stereocenters. The van der Waals surface area contributed by atoms with E-state index < -0.39 is 0 Å². The fourth-order valence-corrected chi connectivity index (χ4v) is 3.69. The molecule has 8 nitrogen and oxygen atoms in total. The molecule has 0 aliphatic carbocycles. The lowest BCUT2D eigenvalue weighted by Gasteiger charge is -2.23. The van der Waals surface area contributed by atoms with Crippen LogP contribution in [0.25, 0.3) is 11.3 Å². The van der Waals surface area contributed by atoms with E-state index in [9.17, 15) is 5.26 Å². The fraction of sp³-hybridized carbons (Fsp3) is 0.360. The molecule has 4 rings (SSSR count). The van der Waals surface area contributed by atoms with Gasteiger partial charge in [-0.05, 0) is 35.9 Å². The number of benzene rings is 1. The molecule has 0 radical (unpaired) electrons. The summed E-state index contributed by atoms with van der Waals surface area (Å²) < 4.78 is 11.4. The minimum atomic E-state index is 0.0748. The van der Waals surface area contributed by atoms with E-state index >= 15 is 0 Å². The van der Waals surface area contributed by atoms with Gasteiger partial charge in [0.05, 0.1) is 31.1 Å². The molecule has 8 heteroatoms. The van der Waals surface area contributed by atoms with E-state index in [1.807, 2.05) is 48.3 Å². The van der Waals surface area contributed by atoms with Crippen molar-refractivity contribution in [1.82, 2.24) is 15.0 Å². The number of ether oxygens (including phenoxy) is 2. The molecule has 0 bridgehead atoms. The predicted molar refractivity (Wildman–Crippen MR) is 124 cm³/mol. The molecule has 1 aromatic carbocycles. The summed E-state index contributed by atoms with van der Waals surface area (Å²) in [5, 5.41) is 18.7. The van der Waals surface area contributed by atoms with Gasteiger partial charge in [-0.3, -0.25) is 0 Å². The molecular weight excluding hydrogens is 418 g/mol. The monoisotopic (exact) mass is 445 g/mol. The SMILES string of the molecule is CN(CCO)c1ccc(Cc2nccc(-c3ccc(OC4CCOCC4)c(C#N)c3)n2)cn1. The number of nitrogens with zero attached hydrogens (tertiary/aromatic N) is 5. The zero-order valence-corrected chi connectivity index (χ0v) is 18.6. The Kier molecular flexibility index (Phi) is 7.45. The second-order valence-electron chi connectivity index (χ2n) is 7.96. The van der Waals surface area contributed by atoms with Gasteiger partial charge in [0.25, 0.3) is 0 Å². The second-order valence-corrected chi connectivity index (χ2v) is 7.96. The molecule has 33 heavy (non-hydrogen) atoms. The van der Waals surface area contributed by atoms with E-state index in [1.54, 1.807) is 12.4 Å². The van der Waals surface area contributed by atoms with Crippen LogP contribution in [0.1, 0.15) is 29.8 Å². The molecule has 3 heterocycles. The normalized spacial score (nSPS) is 14.0. The quantitative estimate of drug-likeness (QED) is 0.564. The lowest BCUT2D eigenvalue weighted by atomic mass is 10.1. The Hall–Kier alpha value is -3.54. The Morgan fingerprint density at radius 1 is 1.18 bits per heavy atom. The topological polar surface area (TPSA) is 104 Å². The molecule has 1 saturated heterocycles. The van der Waals surface area contributed by atoms with E-state index in [0.717, 1.165) is 35.5 Å². The standard InChI is InChI=1S/C25H27N5O3/c1-30(10-11-31)25-5-2-18(17-28-25)14-24-27-9-6-22(29-24)19-3-4-23(20(15-19)16-26)33-21-7-12-32-13-8-21/h2-6,9,15,17,21,31H,7-8,10-14H2,1H3. The van der Waals surface area contributed by atoms with Gasteiger partial charge in [0.1, 0.15) is 29.6 Å². The Labute approximate surface area is 193 Å². The molecule has 1 fully saturated rings. The molecule has 3 aromatic rings. The summed E-state index contributed by atoms with van der Waals surface area (Å²) in [7, 11) is 1.89. The van der Waals surface area contributed by atoms with Gasteiger partial charge in [0, 0.05) is 50.8 Å². The third-order valence-corrected chi connectivity index (χ3v) is 5.56. The second kappa shape index (κ2) is 10.9. The van der Waals surface area contributed by atoms with Crippen LogP contribution in [0.3, 0.4) is 0 Å². The van der Waals surface area contributed by atoms with Gasteiger partial charge in [-0.15, -0.1) is 0 Å². The zero-order valence-electron chi connectivity index (χ0n) is 18.6. The maximum Gasteiger partial charge on any atom is 0.137 e. The van der Waals surface area contributed by atoms with E-state index in [0.29, 0.717) is 43.3 Å². The largest absolute Gasteiger partial charge is 0.489 e. The number of rotatable bonds is 8. The molecule has 0 atom stereocenters. The lowest BCUT2D eigenvalue weighted by molar-refractivity contribution is 0.0254. The van der Waals surface area contributed by atoms with Crippen molar-refractivity contribution in [1.29, 1.82) is 5.26 Å². The van der Waals surface area contributed by atoms with E-state index in [-0.39, 0.29) is 12.7 Å². The van der Waals surface area contributed by atoms with Crippen LogP contribution in [0, 0.1) is 11.3 Å². The average molecular weight is 446 g/mol. The van der Waals surface area contributed by atoms with Gasteiger partial charge >= 0.3 is 0 Å². The van der Waals surface area contributed by atoms with E-state index in [2.05, 4.69) is 16.0 Å². The first-order valence-electron chi connectivity index (χ1n) is 11.0. The van der Waals surface area contributed by atoms with Crippen LogP contribution in [0.15, 0.2) is 48.8 Å². The summed E-state index contributed by atoms with van der Waals surface area (Å²) in [6.07, 6.45) is 5.81. The third kappa shape index (κ3) is 5.83. The van der Waals surface area contributed by atoms with Crippen LogP contribution < -0.4 is 9.64 Å².